The van der Waals surface area contributed by atoms with Crippen LogP contribution < -0.4 is 10.1 Å². The summed E-state index contributed by atoms with van der Waals surface area (Å²) in [7, 11) is 1.52. The Labute approximate surface area is 141 Å². The maximum absolute atomic E-state index is 12.5. The van der Waals surface area contributed by atoms with E-state index in [1.807, 2.05) is 12.1 Å². The first-order chi connectivity index (χ1) is 11.1. The van der Waals surface area contributed by atoms with Gasteiger partial charge in [0, 0.05) is 19.1 Å². The third-order valence-electron chi connectivity index (χ3n) is 4.23. The quantitative estimate of drug-likeness (QED) is 0.716. The van der Waals surface area contributed by atoms with Crippen LogP contribution in [0.5, 0.6) is 5.75 Å². The molecule has 0 amide bonds. The number of hydrogen-bond acceptors (Lipinski definition) is 4. The second-order valence-corrected chi connectivity index (χ2v) is 6.90. The molecule has 0 spiro atoms. The van der Waals surface area contributed by atoms with Gasteiger partial charge in [-0.3, -0.25) is 0 Å². The molecule has 0 radical (unpaired) electrons. The monoisotopic (exact) mass is 344 g/mol. The number of nitrogens with zero attached hydrogens (tertiary/aromatic N) is 1. The molecule has 0 bridgehead atoms. The number of likely N-dealkylation sites (tertiary alicyclic amines) is 1. The smallest absolute Gasteiger partial charge is 0.289 e. The van der Waals surface area contributed by atoms with Crippen LogP contribution in [-0.2, 0) is 0 Å². The van der Waals surface area contributed by atoms with Crippen LogP contribution in [0, 0.1) is 0 Å². The van der Waals surface area contributed by atoms with Crippen molar-refractivity contribution in [3.63, 3.8) is 0 Å². The highest BCUT2D eigenvalue weighted by atomic mass is 32.2. The van der Waals surface area contributed by atoms with E-state index in [0.717, 1.165) is 18.7 Å². The Morgan fingerprint density at radius 3 is 2.65 bits per heavy atom. The first-order valence-electron chi connectivity index (χ1n) is 8.18. The van der Waals surface area contributed by atoms with Gasteiger partial charge in [0.05, 0.1) is 12.0 Å². The maximum Gasteiger partial charge on any atom is 0.289 e. The van der Waals surface area contributed by atoms with Crippen molar-refractivity contribution in [1.29, 1.82) is 0 Å². The molecule has 1 saturated heterocycles. The molecule has 23 heavy (non-hydrogen) atoms. The van der Waals surface area contributed by atoms with Gasteiger partial charge in [-0.25, -0.2) is 0 Å². The van der Waals surface area contributed by atoms with Crippen LogP contribution in [0.2, 0.25) is 0 Å². The van der Waals surface area contributed by atoms with Crippen LogP contribution in [0.25, 0.3) is 0 Å². The number of benzene rings is 1. The Bertz CT molecular complexity index is 482. The molecule has 1 atom stereocenters. The van der Waals surface area contributed by atoms with E-state index < -0.39 is 5.76 Å². The number of nitrogens with one attached hydrogen (secondary N) is 1. The van der Waals surface area contributed by atoms with Crippen LogP contribution in [0.1, 0.15) is 37.8 Å². The zero-order chi connectivity index (χ0) is 16.7. The number of halogens is 2. The first kappa shape index (κ1) is 18.5. The molecule has 1 N–H and O–H groups in total. The van der Waals surface area contributed by atoms with E-state index in [2.05, 4.69) is 17.1 Å². The van der Waals surface area contributed by atoms with Gasteiger partial charge in [0.2, 0.25) is 0 Å². The van der Waals surface area contributed by atoms with Crippen LogP contribution in [0.15, 0.2) is 23.1 Å². The third-order valence-corrected chi connectivity index (χ3v) is 5.00. The lowest BCUT2D eigenvalue weighted by atomic mass is 10.1. The standard InChI is InChI=1S/C17H26F2N2OS/c1-13(20-8-11-21-9-4-3-5-10-21)14-6-7-16(23-17(18)19)15(12-14)22-2/h6-7,12-13,17,20H,3-5,8-11H2,1-2H3/t13-/m1/s1. The highest BCUT2D eigenvalue weighted by molar-refractivity contribution is 7.99. The molecule has 1 aliphatic rings. The summed E-state index contributed by atoms with van der Waals surface area (Å²) in [5.41, 5.74) is 1.05. The highest BCUT2D eigenvalue weighted by Crippen LogP contribution is 2.35. The van der Waals surface area contributed by atoms with Crippen molar-refractivity contribution in [3.8, 4) is 5.75 Å². The minimum atomic E-state index is -2.44. The fourth-order valence-electron chi connectivity index (χ4n) is 2.89. The molecule has 3 nitrogen and oxygen atoms in total. The highest BCUT2D eigenvalue weighted by Gasteiger charge is 2.14. The Morgan fingerprint density at radius 2 is 2.00 bits per heavy atom. The minimum Gasteiger partial charge on any atom is -0.496 e. The van der Waals surface area contributed by atoms with E-state index in [9.17, 15) is 8.78 Å². The summed E-state index contributed by atoms with van der Waals surface area (Å²) < 4.78 is 30.3. The van der Waals surface area contributed by atoms with Gasteiger partial charge < -0.3 is 15.0 Å². The largest absolute Gasteiger partial charge is 0.496 e. The van der Waals surface area contributed by atoms with Crippen molar-refractivity contribution in [2.45, 2.75) is 42.9 Å². The van der Waals surface area contributed by atoms with E-state index in [4.69, 9.17) is 4.74 Å². The molecule has 1 aliphatic heterocycles. The predicted octanol–water partition coefficient (Wildman–Crippen LogP) is 4.15. The maximum atomic E-state index is 12.5. The number of alkyl halides is 2. The van der Waals surface area contributed by atoms with Crippen molar-refractivity contribution in [3.05, 3.63) is 23.8 Å². The Hall–Kier alpha value is -0.850. The number of thioether (sulfide) groups is 1. The molecule has 130 valence electrons. The zero-order valence-electron chi connectivity index (χ0n) is 13.9. The van der Waals surface area contributed by atoms with Gasteiger partial charge >= 0.3 is 0 Å². The van der Waals surface area contributed by atoms with Crippen LogP contribution in [0.3, 0.4) is 0 Å². The molecule has 1 fully saturated rings. The van der Waals surface area contributed by atoms with Crippen molar-refractivity contribution < 1.29 is 13.5 Å². The summed E-state index contributed by atoms with van der Waals surface area (Å²) in [6.45, 7) is 6.47. The van der Waals surface area contributed by atoms with E-state index >= 15 is 0 Å². The number of piperidine rings is 1. The minimum absolute atomic E-state index is 0.166. The molecule has 1 aromatic rings. The topological polar surface area (TPSA) is 24.5 Å². The molecule has 6 heteroatoms. The summed E-state index contributed by atoms with van der Waals surface area (Å²) in [5.74, 6) is -1.92. The first-order valence-corrected chi connectivity index (χ1v) is 9.06. The van der Waals surface area contributed by atoms with Gasteiger partial charge in [-0.2, -0.15) is 8.78 Å². The van der Waals surface area contributed by atoms with E-state index in [1.54, 1.807) is 6.07 Å². The van der Waals surface area contributed by atoms with Gasteiger partial charge in [-0.1, -0.05) is 24.2 Å². The Balaban J connectivity index is 1.86. The third kappa shape index (κ3) is 5.94. The lowest BCUT2D eigenvalue weighted by molar-refractivity contribution is 0.227. The molecule has 2 rings (SSSR count). The van der Waals surface area contributed by atoms with Crippen molar-refractivity contribution >= 4 is 11.8 Å². The zero-order valence-corrected chi connectivity index (χ0v) is 14.7. The molecular formula is C17H26F2N2OS. The number of rotatable bonds is 8. The van der Waals surface area contributed by atoms with Gasteiger partial charge in [-0.05, 0) is 50.6 Å². The molecule has 0 aromatic heterocycles. The summed E-state index contributed by atoms with van der Waals surface area (Å²) in [6, 6.07) is 5.63. The normalized spacial score (nSPS) is 17.4. The van der Waals surface area contributed by atoms with Crippen molar-refractivity contribution in [2.75, 3.05) is 33.3 Å². The second-order valence-electron chi connectivity index (χ2n) is 5.87. The number of ether oxygens (including phenoxy) is 1. The average Bonchev–Trinajstić information content (AvgIpc) is 2.55. The summed E-state index contributed by atoms with van der Waals surface area (Å²) in [5, 5.41) is 3.51. The second kappa shape index (κ2) is 9.45. The average molecular weight is 344 g/mol. The van der Waals surface area contributed by atoms with Gasteiger partial charge in [-0.15, -0.1) is 0 Å². The summed E-state index contributed by atoms with van der Waals surface area (Å²) in [4.78, 5) is 2.97. The van der Waals surface area contributed by atoms with Gasteiger partial charge in [0.15, 0.2) is 0 Å². The van der Waals surface area contributed by atoms with E-state index in [1.165, 1.54) is 39.5 Å². The van der Waals surface area contributed by atoms with Crippen molar-refractivity contribution in [1.82, 2.24) is 10.2 Å². The SMILES string of the molecule is COc1cc([C@@H](C)NCCN2CCCCC2)ccc1SC(F)F. The molecule has 0 aliphatic carbocycles. The molecule has 1 aromatic carbocycles. The predicted molar refractivity (Wildman–Crippen MR) is 91.6 cm³/mol. The number of methoxy groups -OCH3 is 1. The number of hydrogen-bond donors (Lipinski definition) is 1. The molecular weight excluding hydrogens is 318 g/mol. The summed E-state index contributed by atoms with van der Waals surface area (Å²) >= 11 is 0.521. The van der Waals surface area contributed by atoms with Crippen LogP contribution >= 0.6 is 11.8 Å². The van der Waals surface area contributed by atoms with Crippen LogP contribution in [0.4, 0.5) is 8.78 Å². The van der Waals surface area contributed by atoms with E-state index in [-0.39, 0.29) is 6.04 Å². The Morgan fingerprint density at radius 1 is 1.26 bits per heavy atom. The lowest BCUT2D eigenvalue weighted by Crippen LogP contribution is -2.36. The van der Waals surface area contributed by atoms with Gasteiger partial charge in [0.1, 0.15) is 5.75 Å². The molecule has 0 unspecified atom stereocenters. The van der Waals surface area contributed by atoms with Crippen molar-refractivity contribution in [2.24, 2.45) is 0 Å². The fourth-order valence-corrected chi connectivity index (χ4v) is 3.48. The molecule has 1 heterocycles. The van der Waals surface area contributed by atoms with Crippen LogP contribution in [-0.4, -0.2) is 43.9 Å². The molecule has 0 saturated carbocycles. The van der Waals surface area contributed by atoms with E-state index in [0.29, 0.717) is 22.4 Å². The lowest BCUT2D eigenvalue weighted by Gasteiger charge is -2.27. The summed E-state index contributed by atoms with van der Waals surface area (Å²) in [6.07, 6.45) is 3.95. The Kier molecular flexibility index (Phi) is 7.59. The fraction of sp³-hybridized carbons (Fsp3) is 0.647. The van der Waals surface area contributed by atoms with Gasteiger partial charge in [0.25, 0.3) is 5.76 Å².